The largest absolute Gasteiger partial charge is 0.474 e. The van der Waals surface area contributed by atoms with Crippen LogP contribution in [0, 0.1) is 30.0 Å². The van der Waals surface area contributed by atoms with Crippen molar-refractivity contribution in [2.45, 2.75) is 32.2 Å². The van der Waals surface area contributed by atoms with E-state index in [1.807, 2.05) is 6.92 Å². The number of benzene rings is 1. The van der Waals surface area contributed by atoms with E-state index in [1.54, 1.807) is 18.3 Å². The lowest BCUT2D eigenvalue weighted by Crippen LogP contribution is -2.42. The number of carboxylic acid groups (broad SMARTS) is 1. The Morgan fingerprint density at radius 2 is 2.15 bits per heavy atom. The van der Waals surface area contributed by atoms with Crippen molar-refractivity contribution in [2.24, 2.45) is 5.92 Å². The van der Waals surface area contributed by atoms with Gasteiger partial charge >= 0.3 is 6.09 Å². The number of amides is 1. The molecular formula is C24H21ClFN5O3. The van der Waals surface area contributed by atoms with Crippen molar-refractivity contribution in [3.8, 4) is 23.1 Å². The molecule has 1 saturated carbocycles. The van der Waals surface area contributed by atoms with Gasteiger partial charge in [0.15, 0.2) is 0 Å². The molecule has 0 spiro atoms. The third-order valence-electron chi connectivity index (χ3n) is 6.55. The summed E-state index contributed by atoms with van der Waals surface area (Å²) in [7, 11) is 0. The Morgan fingerprint density at radius 1 is 1.32 bits per heavy atom. The molecule has 2 aliphatic rings. The molecule has 34 heavy (non-hydrogen) atoms. The van der Waals surface area contributed by atoms with Gasteiger partial charge in [-0.15, -0.1) is 0 Å². The summed E-state index contributed by atoms with van der Waals surface area (Å²) >= 11 is 6.40. The van der Waals surface area contributed by atoms with Gasteiger partial charge in [-0.2, -0.15) is 5.26 Å². The minimum Gasteiger partial charge on any atom is -0.474 e. The third kappa shape index (κ3) is 3.55. The first kappa shape index (κ1) is 22.2. The lowest BCUT2D eigenvalue weighted by Gasteiger charge is -2.27. The van der Waals surface area contributed by atoms with Crippen molar-refractivity contribution in [1.82, 2.24) is 9.97 Å². The molecule has 2 N–H and O–H groups in total. The molecule has 3 heterocycles. The van der Waals surface area contributed by atoms with Crippen LogP contribution in [0.3, 0.4) is 0 Å². The first-order valence-electron chi connectivity index (χ1n) is 11.0. The Morgan fingerprint density at radius 3 is 2.91 bits per heavy atom. The van der Waals surface area contributed by atoms with Crippen LogP contribution in [0.5, 0.6) is 5.88 Å². The van der Waals surface area contributed by atoms with E-state index in [4.69, 9.17) is 16.3 Å². The fraction of sp³-hybridized carbons (Fsp3) is 0.333. The number of nitrogens with zero attached hydrogens (tertiary/aromatic N) is 4. The van der Waals surface area contributed by atoms with Gasteiger partial charge in [0.2, 0.25) is 5.88 Å². The number of nitriles is 1. The minimum absolute atomic E-state index is 0.106. The van der Waals surface area contributed by atoms with Gasteiger partial charge < -0.3 is 15.2 Å². The molecule has 1 fully saturated rings. The number of nitrogens with one attached hydrogen (secondary N) is 1. The highest BCUT2D eigenvalue weighted by atomic mass is 35.5. The molecule has 1 amide bonds. The van der Waals surface area contributed by atoms with Gasteiger partial charge in [-0.05, 0) is 49.3 Å². The second kappa shape index (κ2) is 8.61. The average molecular weight is 482 g/mol. The summed E-state index contributed by atoms with van der Waals surface area (Å²) in [4.78, 5) is 21.9. The molecule has 0 radical (unpaired) electrons. The average Bonchev–Trinajstić information content (AvgIpc) is 3.30. The zero-order valence-electron chi connectivity index (χ0n) is 18.3. The van der Waals surface area contributed by atoms with E-state index < -0.39 is 23.9 Å². The van der Waals surface area contributed by atoms with Crippen LogP contribution in [-0.4, -0.2) is 40.4 Å². The summed E-state index contributed by atoms with van der Waals surface area (Å²) in [6.45, 7) is 2.96. The van der Waals surface area contributed by atoms with Crippen molar-refractivity contribution >= 4 is 40.0 Å². The van der Waals surface area contributed by atoms with Crippen molar-refractivity contribution in [3.63, 3.8) is 0 Å². The summed E-state index contributed by atoms with van der Waals surface area (Å²) < 4.78 is 20.9. The van der Waals surface area contributed by atoms with E-state index >= 15 is 4.39 Å². The van der Waals surface area contributed by atoms with Gasteiger partial charge in [0.05, 0.1) is 23.1 Å². The number of aromatic nitrogens is 2. The Balaban J connectivity index is 1.65. The van der Waals surface area contributed by atoms with Crippen molar-refractivity contribution < 1.29 is 19.0 Å². The smallest absolute Gasteiger partial charge is 0.413 e. The minimum atomic E-state index is -1.19. The maximum absolute atomic E-state index is 15.4. The molecule has 1 aromatic carbocycles. The third-order valence-corrected chi connectivity index (χ3v) is 6.92. The van der Waals surface area contributed by atoms with Crippen molar-refractivity contribution in [1.29, 1.82) is 5.26 Å². The Labute approximate surface area is 199 Å². The number of rotatable bonds is 3. The SMILES string of the molecule is Cc1c(-c2cc3cc(N(C(=O)O)[C@@H]4CCC[C@H]4C#N)ncc3c(Cl)c2F)cnc2c1NCCO2. The van der Waals surface area contributed by atoms with Gasteiger partial charge in [0, 0.05) is 35.5 Å². The predicted octanol–water partition coefficient (Wildman–Crippen LogP) is 5.38. The van der Waals surface area contributed by atoms with E-state index in [0.717, 1.165) is 16.9 Å². The van der Waals surface area contributed by atoms with Gasteiger partial charge in [-0.1, -0.05) is 11.6 Å². The second-order valence-corrected chi connectivity index (χ2v) is 8.83. The summed E-state index contributed by atoms with van der Waals surface area (Å²) in [5.41, 5.74) is 2.26. The molecule has 10 heteroatoms. The zero-order valence-corrected chi connectivity index (χ0v) is 19.1. The summed E-state index contributed by atoms with van der Waals surface area (Å²) in [6, 6.07) is 4.92. The highest BCUT2D eigenvalue weighted by Crippen LogP contribution is 2.41. The molecule has 0 saturated heterocycles. The molecule has 2 aromatic heterocycles. The maximum Gasteiger partial charge on any atom is 0.413 e. The van der Waals surface area contributed by atoms with Crippen LogP contribution in [-0.2, 0) is 0 Å². The van der Waals surface area contributed by atoms with E-state index in [1.165, 1.54) is 6.20 Å². The number of hydrogen-bond acceptors (Lipinski definition) is 6. The topological polar surface area (TPSA) is 111 Å². The number of anilines is 2. The predicted molar refractivity (Wildman–Crippen MR) is 126 cm³/mol. The quantitative estimate of drug-likeness (QED) is 0.516. The molecule has 1 aliphatic carbocycles. The molecule has 0 bridgehead atoms. The van der Waals surface area contributed by atoms with Gasteiger partial charge in [-0.3, -0.25) is 4.90 Å². The van der Waals surface area contributed by atoms with Crippen LogP contribution in [0.25, 0.3) is 21.9 Å². The van der Waals surface area contributed by atoms with Crippen LogP contribution in [0.2, 0.25) is 5.02 Å². The van der Waals surface area contributed by atoms with Crippen LogP contribution in [0.1, 0.15) is 24.8 Å². The number of halogens is 2. The lowest BCUT2D eigenvalue weighted by molar-refractivity contribution is 0.197. The number of hydrogen-bond donors (Lipinski definition) is 2. The van der Waals surface area contributed by atoms with E-state index in [0.29, 0.717) is 53.9 Å². The van der Waals surface area contributed by atoms with E-state index in [9.17, 15) is 15.2 Å². The highest BCUT2D eigenvalue weighted by Gasteiger charge is 2.36. The van der Waals surface area contributed by atoms with Crippen LogP contribution in [0.15, 0.2) is 24.5 Å². The summed E-state index contributed by atoms with van der Waals surface area (Å²) in [6.07, 6.45) is 3.72. The molecule has 2 atom stereocenters. The number of ether oxygens (including phenoxy) is 1. The highest BCUT2D eigenvalue weighted by molar-refractivity contribution is 6.36. The van der Waals surface area contributed by atoms with Crippen LogP contribution >= 0.6 is 11.6 Å². The van der Waals surface area contributed by atoms with Gasteiger partial charge in [0.1, 0.15) is 23.9 Å². The number of pyridine rings is 2. The fourth-order valence-corrected chi connectivity index (χ4v) is 5.11. The molecule has 174 valence electrons. The molecular weight excluding hydrogens is 461 g/mol. The molecule has 3 aromatic rings. The normalized spacial score (nSPS) is 19.1. The molecule has 8 nitrogen and oxygen atoms in total. The lowest BCUT2D eigenvalue weighted by atomic mass is 9.98. The number of fused-ring (bicyclic) bond motifs is 2. The number of carbonyl (C=O) groups is 1. The summed E-state index contributed by atoms with van der Waals surface area (Å²) in [5, 5.41) is 23.4. The Bertz CT molecular complexity index is 1360. The Hall–Kier alpha value is -3.64. The van der Waals surface area contributed by atoms with Crippen molar-refractivity contribution in [2.75, 3.05) is 23.4 Å². The van der Waals surface area contributed by atoms with Crippen LogP contribution < -0.4 is 15.0 Å². The molecule has 1 aliphatic heterocycles. The molecule has 5 rings (SSSR count). The Kier molecular flexibility index (Phi) is 5.62. The van der Waals surface area contributed by atoms with Crippen molar-refractivity contribution in [3.05, 3.63) is 40.9 Å². The van der Waals surface area contributed by atoms with Gasteiger partial charge in [0.25, 0.3) is 0 Å². The summed E-state index contributed by atoms with van der Waals surface area (Å²) in [5.74, 6) is -0.372. The maximum atomic E-state index is 15.4. The first-order chi connectivity index (χ1) is 16.4. The standard InChI is InChI=1S/C24H21ClFN5O3/c1-12-16(10-30-23-22(12)28-5-6-34-23)15-7-14-8-19(29-11-17(14)20(25)21(15)26)31(24(32)33)18-4-2-3-13(18)9-27/h7-8,10-11,13,18,28H,2-6H2,1H3,(H,32,33)/t13-,18+/m0/s1. The zero-order chi connectivity index (χ0) is 24.0. The first-order valence-corrected chi connectivity index (χ1v) is 11.3. The van der Waals surface area contributed by atoms with Crippen LogP contribution in [0.4, 0.5) is 20.7 Å². The monoisotopic (exact) mass is 481 g/mol. The van der Waals surface area contributed by atoms with Gasteiger partial charge in [-0.25, -0.2) is 19.2 Å². The van der Waals surface area contributed by atoms with E-state index in [-0.39, 0.29) is 16.4 Å². The fourth-order valence-electron chi connectivity index (χ4n) is 4.85. The molecule has 0 unspecified atom stereocenters. The van der Waals surface area contributed by atoms with E-state index in [2.05, 4.69) is 21.4 Å². The second-order valence-electron chi connectivity index (χ2n) is 8.45.